The molecule has 1 aromatic heterocycles. The van der Waals surface area contributed by atoms with Crippen molar-refractivity contribution in [1.29, 1.82) is 0 Å². The largest absolute Gasteiger partial charge is 0.396 e. The molecule has 14 heavy (non-hydrogen) atoms. The fraction of sp³-hybridized carbons (Fsp3) is 0.750. The molecule has 2 N–H and O–H groups in total. The molecule has 5 nitrogen and oxygen atoms in total. The third kappa shape index (κ3) is 2.88. The first kappa shape index (κ1) is 11.3. The van der Waals surface area contributed by atoms with Crippen LogP contribution in [0.2, 0.25) is 0 Å². The number of unbranched alkanes of at least 4 members (excludes halogenated alkanes) is 1. The summed E-state index contributed by atoms with van der Waals surface area (Å²) in [5.41, 5.74) is -0.155. The predicted octanol–water partition coefficient (Wildman–Crippen LogP) is 0.456. The molecule has 6 heteroatoms. The van der Waals surface area contributed by atoms with E-state index in [1.54, 1.807) is 16.3 Å². The Morgan fingerprint density at radius 2 is 2.36 bits per heavy atom. The molecule has 0 bridgehead atoms. The van der Waals surface area contributed by atoms with Crippen LogP contribution in [0.5, 0.6) is 0 Å². The second kappa shape index (κ2) is 5.87. The first-order valence-corrected chi connectivity index (χ1v) is 5.67. The van der Waals surface area contributed by atoms with E-state index in [1.807, 2.05) is 6.92 Å². The zero-order valence-corrected chi connectivity index (χ0v) is 9.01. The van der Waals surface area contributed by atoms with Gasteiger partial charge in [0.1, 0.15) is 0 Å². The maximum Gasteiger partial charge on any atom is 0.343 e. The minimum absolute atomic E-state index is 0.155. The lowest BCUT2D eigenvalue weighted by atomic mass is 10.4. The zero-order chi connectivity index (χ0) is 10.4. The maximum atomic E-state index is 11.2. The molecule has 0 saturated heterocycles. The van der Waals surface area contributed by atoms with Crippen molar-refractivity contribution >= 4 is 11.8 Å². The lowest BCUT2D eigenvalue weighted by molar-refractivity contribution is 0.287. The summed E-state index contributed by atoms with van der Waals surface area (Å²) in [5.74, 6) is 0.880. The topological polar surface area (TPSA) is 70.9 Å². The van der Waals surface area contributed by atoms with Crippen molar-refractivity contribution in [2.24, 2.45) is 0 Å². The number of nitrogens with zero attached hydrogens (tertiary/aromatic N) is 2. The van der Waals surface area contributed by atoms with E-state index in [0.29, 0.717) is 6.54 Å². The maximum absolute atomic E-state index is 11.2. The Balaban J connectivity index is 2.46. The number of thioether (sulfide) groups is 1. The van der Waals surface area contributed by atoms with E-state index >= 15 is 0 Å². The van der Waals surface area contributed by atoms with Crippen LogP contribution >= 0.6 is 11.8 Å². The molecule has 0 amide bonds. The summed E-state index contributed by atoms with van der Waals surface area (Å²) in [5, 5.41) is 15.6. The highest BCUT2D eigenvalue weighted by atomic mass is 32.2. The van der Waals surface area contributed by atoms with Crippen LogP contribution in [-0.2, 0) is 6.54 Å². The molecule has 0 aliphatic carbocycles. The molecule has 0 radical (unpaired) electrons. The number of aliphatic hydroxyl groups is 1. The van der Waals surface area contributed by atoms with Crippen LogP contribution in [0.25, 0.3) is 0 Å². The molecule has 0 unspecified atom stereocenters. The van der Waals surface area contributed by atoms with Crippen molar-refractivity contribution in [3.63, 3.8) is 0 Å². The molecule has 0 spiro atoms. The van der Waals surface area contributed by atoms with Crippen LogP contribution in [-0.4, -0.2) is 32.2 Å². The van der Waals surface area contributed by atoms with Gasteiger partial charge in [0.2, 0.25) is 0 Å². The van der Waals surface area contributed by atoms with Crippen molar-refractivity contribution in [1.82, 2.24) is 14.8 Å². The number of aliphatic hydroxyl groups excluding tert-OH is 1. The first-order valence-electron chi connectivity index (χ1n) is 4.68. The SMILES string of the molecule is CCn1c(SCCCCO)n[nH]c1=O. The molecule has 1 rings (SSSR count). The van der Waals surface area contributed by atoms with E-state index in [-0.39, 0.29) is 12.3 Å². The van der Waals surface area contributed by atoms with Gasteiger partial charge in [-0.15, -0.1) is 5.10 Å². The van der Waals surface area contributed by atoms with Gasteiger partial charge in [-0.05, 0) is 19.8 Å². The van der Waals surface area contributed by atoms with Crippen LogP contribution in [0.3, 0.4) is 0 Å². The standard InChI is InChI=1S/C8H15N3O2S/c1-2-11-7(13)9-10-8(11)14-6-4-3-5-12/h12H,2-6H2,1H3,(H,9,13). The van der Waals surface area contributed by atoms with Gasteiger partial charge in [-0.3, -0.25) is 4.57 Å². The van der Waals surface area contributed by atoms with Crippen molar-refractivity contribution in [3.05, 3.63) is 10.5 Å². The molecule has 0 saturated carbocycles. The Bertz CT molecular complexity index is 321. The van der Waals surface area contributed by atoms with E-state index in [4.69, 9.17) is 5.11 Å². The van der Waals surface area contributed by atoms with E-state index in [1.165, 1.54) is 0 Å². The molecular weight excluding hydrogens is 202 g/mol. The van der Waals surface area contributed by atoms with E-state index in [0.717, 1.165) is 23.8 Å². The quantitative estimate of drug-likeness (QED) is 0.536. The predicted molar refractivity (Wildman–Crippen MR) is 55.6 cm³/mol. The van der Waals surface area contributed by atoms with Crippen LogP contribution < -0.4 is 5.69 Å². The number of hydrogen-bond donors (Lipinski definition) is 2. The highest BCUT2D eigenvalue weighted by Gasteiger charge is 2.05. The normalized spacial score (nSPS) is 10.7. The second-order valence-electron chi connectivity index (χ2n) is 2.83. The second-order valence-corrected chi connectivity index (χ2v) is 3.90. The average molecular weight is 217 g/mol. The molecular formula is C8H15N3O2S. The summed E-state index contributed by atoms with van der Waals surface area (Å²) in [7, 11) is 0. The zero-order valence-electron chi connectivity index (χ0n) is 8.19. The average Bonchev–Trinajstić information content (AvgIpc) is 2.54. The summed E-state index contributed by atoms with van der Waals surface area (Å²) in [6.07, 6.45) is 1.74. The first-order chi connectivity index (χ1) is 6.79. The van der Waals surface area contributed by atoms with Crippen molar-refractivity contribution < 1.29 is 5.11 Å². The highest BCUT2D eigenvalue weighted by Crippen LogP contribution is 2.14. The van der Waals surface area contributed by atoms with Gasteiger partial charge in [-0.1, -0.05) is 11.8 Å². The third-order valence-corrected chi connectivity index (χ3v) is 2.89. The van der Waals surface area contributed by atoms with Gasteiger partial charge >= 0.3 is 5.69 Å². The third-order valence-electron chi connectivity index (χ3n) is 1.82. The molecule has 0 aliphatic rings. The van der Waals surface area contributed by atoms with Crippen LogP contribution in [0, 0.1) is 0 Å². The van der Waals surface area contributed by atoms with Crippen molar-refractivity contribution in [3.8, 4) is 0 Å². The van der Waals surface area contributed by atoms with E-state index in [2.05, 4.69) is 10.2 Å². The molecule has 0 fully saturated rings. The molecule has 1 heterocycles. The fourth-order valence-corrected chi connectivity index (χ4v) is 2.08. The summed E-state index contributed by atoms with van der Waals surface area (Å²) in [6, 6.07) is 0. The number of H-pyrrole nitrogens is 1. The number of aromatic nitrogens is 3. The molecule has 0 aromatic carbocycles. The number of rotatable bonds is 6. The minimum atomic E-state index is -0.155. The fourth-order valence-electron chi connectivity index (χ4n) is 1.07. The van der Waals surface area contributed by atoms with Crippen molar-refractivity contribution in [2.45, 2.75) is 31.5 Å². The van der Waals surface area contributed by atoms with Crippen LogP contribution in [0.4, 0.5) is 0 Å². The number of nitrogens with one attached hydrogen (secondary N) is 1. The molecule has 80 valence electrons. The van der Waals surface area contributed by atoms with Crippen LogP contribution in [0.1, 0.15) is 19.8 Å². The lowest BCUT2D eigenvalue weighted by Gasteiger charge is -2.00. The molecule has 0 aliphatic heterocycles. The van der Waals surface area contributed by atoms with Gasteiger partial charge in [-0.25, -0.2) is 9.89 Å². The van der Waals surface area contributed by atoms with Gasteiger partial charge in [-0.2, -0.15) is 0 Å². The number of hydrogen-bond acceptors (Lipinski definition) is 4. The van der Waals surface area contributed by atoms with Gasteiger partial charge in [0.05, 0.1) is 0 Å². The van der Waals surface area contributed by atoms with E-state index < -0.39 is 0 Å². The van der Waals surface area contributed by atoms with Gasteiger partial charge in [0, 0.05) is 18.9 Å². The summed E-state index contributed by atoms with van der Waals surface area (Å²) >= 11 is 1.54. The lowest BCUT2D eigenvalue weighted by Crippen LogP contribution is -2.16. The molecule has 1 aromatic rings. The van der Waals surface area contributed by atoms with Crippen molar-refractivity contribution in [2.75, 3.05) is 12.4 Å². The summed E-state index contributed by atoms with van der Waals surface area (Å²) in [6.45, 7) is 2.77. The van der Waals surface area contributed by atoms with E-state index in [9.17, 15) is 4.79 Å². The van der Waals surface area contributed by atoms with Gasteiger partial charge < -0.3 is 5.11 Å². The Labute approximate surface area is 86.5 Å². The summed E-state index contributed by atoms with van der Waals surface area (Å²) in [4.78, 5) is 11.2. The molecule has 0 atom stereocenters. The Morgan fingerprint density at radius 1 is 1.57 bits per heavy atom. The smallest absolute Gasteiger partial charge is 0.343 e. The van der Waals surface area contributed by atoms with Gasteiger partial charge in [0.15, 0.2) is 5.16 Å². The monoisotopic (exact) mass is 217 g/mol. The summed E-state index contributed by atoms with van der Waals surface area (Å²) < 4.78 is 1.60. The Kier molecular flexibility index (Phi) is 4.75. The minimum Gasteiger partial charge on any atom is -0.396 e. The Morgan fingerprint density at radius 3 is 3.00 bits per heavy atom. The Hall–Kier alpha value is -0.750. The highest BCUT2D eigenvalue weighted by molar-refractivity contribution is 7.99. The van der Waals surface area contributed by atoms with Crippen LogP contribution in [0.15, 0.2) is 9.95 Å². The van der Waals surface area contributed by atoms with Gasteiger partial charge in [0.25, 0.3) is 0 Å². The number of aromatic amines is 1.